The molecule has 104 valence electrons. The van der Waals surface area contributed by atoms with E-state index in [-0.39, 0.29) is 5.78 Å². The van der Waals surface area contributed by atoms with Crippen molar-refractivity contribution in [3.05, 3.63) is 65.7 Å². The van der Waals surface area contributed by atoms with Crippen molar-refractivity contribution in [3.8, 4) is 0 Å². The van der Waals surface area contributed by atoms with Gasteiger partial charge in [0.15, 0.2) is 5.78 Å². The van der Waals surface area contributed by atoms with E-state index in [9.17, 15) is 4.79 Å². The Bertz CT molecular complexity index is 548. The molecule has 0 bridgehead atoms. The van der Waals surface area contributed by atoms with Crippen LogP contribution >= 0.6 is 0 Å². The third kappa shape index (κ3) is 4.23. The largest absolute Gasteiger partial charge is 0.385 e. The van der Waals surface area contributed by atoms with Gasteiger partial charge in [0.05, 0.1) is 0 Å². The van der Waals surface area contributed by atoms with Crippen molar-refractivity contribution in [2.24, 2.45) is 0 Å². The van der Waals surface area contributed by atoms with Gasteiger partial charge in [-0.15, -0.1) is 0 Å². The summed E-state index contributed by atoms with van der Waals surface area (Å²) in [4.78, 5) is 11.9. The van der Waals surface area contributed by atoms with E-state index in [1.54, 1.807) is 0 Å². The summed E-state index contributed by atoms with van der Waals surface area (Å²) >= 11 is 0. The van der Waals surface area contributed by atoms with Gasteiger partial charge in [-0.2, -0.15) is 0 Å². The molecule has 0 amide bonds. The molecule has 1 N–H and O–H groups in total. The summed E-state index contributed by atoms with van der Waals surface area (Å²) < 4.78 is 0. The number of ketones is 1. The second kappa shape index (κ2) is 7.49. The van der Waals surface area contributed by atoms with E-state index in [1.165, 1.54) is 5.56 Å². The molecule has 0 radical (unpaired) electrons. The molecule has 0 spiro atoms. The van der Waals surface area contributed by atoms with E-state index in [2.05, 4.69) is 29.6 Å². The summed E-state index contributed by atoms with van der Waals surface area (Å²) in [6, 6.07) is 18.2. The van der Waals surface area contributed by atoms with Crippen LogP contribution in [-0.4, -0.2) is 12.3 Å². The van der Waals surface area contributed by atoms with Crippen LogP contribution in [0.1, 0.15) is 35.7 Å². The predicted molar refractivity (Wildman–Crippen MR) is 84.3 cm³/mol. The van der Waals surface area contributed by atoms with Crippen molar-refractivity contribution in [3.63, 3.8) is 0 Å². The van der Waals surface area contributed by atoms with Gasteiger partial charge in [0.1, 0.15) is 0 Å². The number of benzene rings is 2. The van der Waals surface area contributed by atoms with Crippen LogP contribution in [0.5, 0.6) is 0 Å². The maximum absolute atomic E-state index is 11.9. The number of carbonyl (C=O) groups excluding carboxylic acids is 1. The highest BCUT2D eigenvalue weighted by molar-refractivity contribution is 5.96. The average Bonchev–Trinajstić information content (AvgIpc) is 2.49. The number of Topliss-reactive ketones (excluding diaryl/α,β-unsaturated/α-hetero) is 1. The van der Waals surface area contributed by atoms with E-state index in [0.717, 1.165) is 30.6 Å². The molecule has 2 heteroatoms. The molecule has 0 unspecified atom stereocenters. The summed E-state index contributed by atoms with van der Waals surface area (Å²) in [5.74, 6) is 0.221. The number of anilines is 1. The second-order valence-electron chi connectivity index (χ2n) is 4.92. The number of carbonyl (C=O) groups is 1. The minimum Gasteiger partial charge on any atom is -0.385 e. The molecule has 0 aliphatic carbocycles. The van der Waals surface area contributed by atoms with Crippen molar-refractivity contribution in [2.75, 3.05) is 11.9 Å². The third-order valence-corrected chi connectivity index (χ3v) is 3.25. The zero-order valence-electron chi connectivity index (χ0n) is 11.9. The van der Waals surface area contributed by atoms with Gasteiger partial charge in [0.2, 0.25) is 0 Å². The Balaban J connectivity index is 1.90. The number of hydrogen-bond donors (Lipinski definition) is 1. The molecule has 0 saturated carbocycles. The van der Waals surface area contributed by atoms with Gasteiger partial charge in [0, 0.05) is 24.2 Å². The molecule has 0 heterocycles. The first-order valence-corrected chi connectivity index (χ1v) is 7.20. The third-order valence-electron chi connectivity index (χ3n) is 3.25. The fraction of sp³-hybridized carbons (Fsp3) is 0.278. The summed E-state index contributed by atoms with van der Waals surface area (Å²) in [6.07, 6.45) is 2.49. The van der Waals surface area contributed by atoms with Crippen LogP contribution in [0.3, 0.4) is 0 Å². The molecule has 0 aliphatic heterocycles. The molecule has 2 aromatic rings. The normalized spacial score (nSPS) is 10.2. The highest BCUT2D eigenvalue weighted by atomic mass is 16.1. The van der Waals surface area contributed by atoms with Gasteiger partial charge in [-0.3, -0.25) is 4.79 Å². The van der Waals surface area contributed by atoms with Gasteiger partial charge in [-0.05, 0) is 30.5 Å². The first-order valence-electron chi connectivity index (χ1n) is 7.20. The van der Waals surface area contributed by atoms with Gasteiger partial charge in [0.25, 0.3) is 0 Å². The molecule has 2 nitrogen and oxygen atoms in total. The Morgan fingerprint density at radius 2 is 1.85 bits per heavy atom. The Morgan fingerprint density at radius 3 is 2.60 bits per heavy atom. The van der Waals surface area contributed by atoms with Crippen LogP contribution in [0, 0.1) is 0 Å². The topological polar surface area (TPSA) is 29.1 Å². The molecule has 0 aliphatic rings. The maximum atomic E-state index is 11.9. The zero-order valence-corrected chi connectivity index (χ0v) is 11.9. The minimum absolute atomic E-state index is 0.221. The smallest absolute Gasteiger partial charge is 0.162 e. The lowest BCUT2D eigenvalue weighted by Gasteiger charge is -2.08. The lowest BCUT2D eigenvalue weighted by molar-refractivity contribution is 0.0982. The second-order valence-corrected chi connectivity index (χ2v) is 4.92. The fourth-order valence-corrected chi connectivity index (χ4v) is 2.17. The standard InChI is InChI=1S/C18H21NO/c1-2-7-18(20)16-10-6-11-17(14-16)19-13-12-15-8-4-3-5-9-15/h3-6,8-11,14,19H,2,7,12-13H2,1H3. The van der Waals surface area contributed by atoms with Crippen LogP contribution in [-0.2, 0) is 6.42 Å². The molecule has 2 rings (SSSR count). The maximum Gasteiger partial charge on any atom is 0.162 e. The van der Waals surface area contributed by atoms with Crippen molar-refractivity contribution >= 4 is 11.5 Å². The summed E-state index contributed by atoms with van der Waals surface area (Å²) in [7, 11) is 0. The van der Waals surface area contributed by atoms with Crippen LogP contribution in [0.15, 0.2) is 54.6 Å². The first-order chi connectivity index (χ1) is 9.79. The fourth-order valence-electron chi connectivity index (χ4n) is 2.17. The van der Waals surface area contributed by atoms with Crippen molar-refractivity contribution in [1.29, 1.82) is 0 Å². The van der Waals surface area contributed by atoms with Gasteiger partial charge >= 0.3 is 0 Å². The van der Waals surface area contributed by atoms with E-state index in [4.69, 9.17) is 0 Å². The highest BCUT2D eigenvalue weighted by Gasteiger charge is 2.04. The average molecular weight is 267 g/mol. The molecule has 0 fully saturated rings. The molecule has 0 atom stereocenters. The zero-order chi connectivity index (χ0) is 14.2. The molecule has 0 aromatic heterocycles. The molecule has 0 saturated heterocycles. The van der Waals surface area contributed by atoms with E-state index < -0.39 is 0 Å². The van der Waals surface area contributed by atoms with E-state index in [0.29, 0.717) is 6.42 Å². The Labute approximate surface area is 120 Å². The Kier molecular flexibility index (Phi) is 5.36. The lowest BCUT2D eigenvalue weighted by atomic mass is 10.1. The van der Waals surface area contributed by atoms with Crippen LogP contribution in [0.25, 0.3) is 0 Å². The molecule has 2 aromatic carbocycles. The minimum atomic E-state index is 0.221. The van der Waals surface area contributed by atoms with Gasteiger partial charge in [-0.25, -0.2) is 0 Å². The number of hydrogen-bond acceptors (Lipinski definition) is 2. The van der Waals surface area contributed by atoms with Crippen molar-refractivity contribution in [2.45, 2.75) is 26.2 Å². The Morgan fingerprint density at radius 1 is 1.05 bits per heavy atom. The van der Waals surface area contributed by atoms with Crippen LogP contribution < -0.4 is 5.32 Å². The number of nitrogens with one attached hydrogen (secondary N) is 1. The van der Waals surface area contributed by atoms with E-state index >= 15 is 0 Å². The van der Waals surface area contributed by atoms with Crippen molar-refractivity contribution in [1.82, 2.24) is 0 Å². The predicted octanol–water partition coefficient (Wildman–Crippen LogP) is 4.32. The Hall–Kier alpha value is -2.09. The molecule has 20 heavy (non-hydrogen) atoms. The van der Waals surface area contributed by atoms with Crippen LogP contribution in [0.2, 0.25) is 0 Å². The highest BCUT2D eigenvalue weighted by Crippen LogP contribution is 2.13. The van der Waals surface area contributed by atoms with Gasteiger partial charge < -0.3 is 5.32 Å². The number of rotatable bonds is 7. The summed E-state index contributed by atoms with van der Waals surface area (Å²) in [6.45, 7) is 2.90. The SMILES string of the molecule is CCCC(=O)c1cccc(NCCc2ccccc2)c1. The summed E-state index contributed by atoms with van der Waals surface area (Å²) in [5.41, 5.74) is 3.14. The van der Waals surface area contributed by atoms with Gasteiger partial charge in [-0.1, -0.05) is 49.4 Å². The lowest BCUT2D eigenvalue weighted by Crippen LogP contribution is -2.06. The van der Waals surface area contributed by atoms with Crippen molar-refractivity contribution < 1.29 is 4.79 Å². The quantitative estimate of drug-likeness (QED) is 0.757. The first kappa shape index (κ1) is 14.3. The molecular weight excluding hydrogens is 246 g/mol. The monoisotopic (exact) mass is 267 g/mol. The van der Waals surface area contributed by atoms with Crippen LogP contribution in [0.4, 0.5) is 5.69 Å². The van der Waals surface area contributed by atoms with E-state index in [1.807, 2.05) is 37.3 Å². The molecular formula is C18H21NO. The summed E-state index contributed by atoms with van der Waals surface area (Å²) in [5, 5.41) is 3.38.